The number of aliphatic imine (C=N–C) groups is 1. The monoisotopic (exact) mass is 452 g/mol. The number of halogens is 1. The molecule has 0 saturated carbocycles. The first-order chi connectivity index (χ1) is 10.5. The molecule has 0 bridgehead atoms. The van der Waals surface area contributed by atoms with Gasteiger partial charge < -0.3 is 20.5 Å². The van der Waals surface area contributed by atoms with E-state index in [2.05, 4.69) is 31.1 Å². The SMILES string of the molecule is CN=C(NCC(=O)NC(C)(C)C)NCc1noc(C(C)(C)C)n1.I. The standard InChI is InChI=1S/C15H28N6O2.HI/c1-14(2,3)12-19-10(21-23-12)8-17-13(16-7)18-9-11(22)20-15(4,5)6;/h8-9H2,1-7H3,(H,20,22)(H2,16,17,18);1H. The highest BCUT2D eigenvalue weighted by molar-refractivity contribution is 14.0. The van der Waals surface area contributed by atoms with E-state index in [0.29, 0.717) is 24.2 Å². The van der Waals surface area contributed by atoms with Gasteiger partial charge in [0.2, 0.25) is 11.8 Å². The quantitative estimate of drug-likeness (QED) is 0.364. The highest BCUT2D eigenvalue weighted by Crippen LogP contribution is 2.19. The lowest BCUT2D eigenvalue weighted by atomic mass is 9.97. The van der Waals surface area contributed by atoms with E-state index < -0.39 is 0 Å². The van der Waals surface area contributed by atoms with Gasteiger partial charge in [0.15, 0.2) is 11.8 Å². The van der Waals surface area contributed by atoms with E-state index in [4.69, 9.17) is 4.52 Å². The Kier molecular flexibility index (Phi) is 8.65. The van der Waals surface area contributed by atoms with E-state index in [0.717, 1.165) is 0 Å². The van der Waals surface area contributed by atoms with Crippen molar-refractivity contribution in [3.05, 3.63) is 11.7 Å². The molecule has 24 heavy (non-hydrogen) atoms. The van der Waals surface area contributed by atoms with Crippen LogP contribution in [0.25, 0.3) is 0 Å². The van der Waals surface area contributed by atoms with Gasteiger partial charge in [-0.05, 0) is 20.8 Å². The Labute approximate surface area is 160 Å². The van der Waals surface area contributed by atoms with Crippen molar-refractivity contribution < 1.29 is 9.32 Å². The van der Waals surface area contributed by atoms with Gasteiger partial charge in [0.25, 0.3) is 0 Å². The Morgan fingerprint density at radius 1 is 1.17 bits per heavy atom. The molecule has 0 unspecified atom stereocenters. The molecule has 0 fully saturated rings. The van der Waals surface area contributed by atoms with Crippen LogP contribution in [0.1, 0.15) is 53.3 Å². The highest BCUT2D eigenvalue weighted by atomic mass is 127. The number of hydrogen-bond acceptors (Lipinski definition) is 5. The zero-order chi connectivity index (χ0) is 17.7. The molecule has 1 aromatic rings. The molecule has 9 heteroatoms. The summed E-state index contributed by atoms with van der Waals surface area (Å²) in [5, 5.41) is 12.8. The second kappa shape index (κ2) is 9.19. The molecule has 138 valence electrons. The third-order valence-electron chi connectivity index (χ3n) is 2.68. The number of carbonyl (C=O) groups is 1. The van der Waals surface area contributed by atoms with Crippen molar-refractivity contribution in [2.45, 2.75) is 59.0 Å². The Hall–Kier alpha value is -1.39. The molecule has 0 aliphatic rings. The minimum absolute atomic E-state index is 0. The van der Waals surface area contributed by atoms with Crippen molar-refractivity contribution in [1.82, 2.24) is 26.1 Å². The predicted octanol–water partition coefficient (Wildman–Crippen LogP) is 1.56. The second-order valence-corrected chi connectivity index (χ2v) is 7.34. The Morgan fingerprint density at radius 3 is 2.25 bits per heavy atom. The van der Waals surface area contributed by atoms with Gasteiger partial charge in [-0.15, -0.1) is 24.0 Å². The predicted molar refractivity (Wildman–Crippen MR) is 105 cm³/mol. The summed E-state index contributed by atoms with van der Waals surface area (Å²) in [6.07, 6.45) is 0. The number of carbonyl (C=O) groups excluding carboxylic acids is 1. The third-order valence-corrected chi connectivity index (χ3v) is 2.68. The lowest BCUT2D eigenvalue weighted by Gasteiger charge is -2.21. The van der Waals surface area contributed by atoms with Crippen LogP contribution in [0.2, 0.25) is 0 Å². The van der Waals surface area contributed by atoms with Crippen molar-refractivity contribution >= 4 is 35.8 Å². The van der Waals surface area contributed by atoms with Crippen molar-refractivity contribution in [1.29, 1.82) is 0 Å². The van der Waals surface area contributed by atoms with Gasteiger partial charge in [0.1, 0.15) is 0 Å². The van der Waals surface area contributed by atoms with Gasteiger partial charge in [0.05, 0.1) is 13.1 Å². The molecular formula is C15H29IN6O2. The number of hydrogen-bond donors (Lipinski definition) is 3. The molecule has 0 radical (unpaired) electrons. The van der Waals surface area contributed by atoms with E-state index in [1.807, 2.05) is 41.5 Å². The molecule has 0 spiro atoms. The molecule has 0 saturated heterocycles. The number of guanidine groups is 1. The smallest absolute Gasteiger partial charge is 0.239 e. The van der Waals surface area contributed by atoms with Crippen molar-refractivity contribution in [2.24, 2.45) is 4.99 Å². The minimum Gasteiger partial charge on any atom is -0.350 e. The van der Waals surface area contributed by atoms with Gasteiger partial charge in [-0.1, -0.05) is 25.9 Å². The first-order valence-electron chi connectivity index (χ1n) is 7.60. The molecule has 8 nitrogen and oxygen atoms in total. The number of nitrogens with zero attached hydrogens (tertiary/aromatic N) is 3. The maximum atomic E-state index is 11.8. The Balaban J connectivity index is 0.00000529. The maximum Gasteiger partial charge on any atom is 0.239 e. The largest absolute Gasteiger partial charge is 0.350 e. The molecule has 0 aliphatic carbocycles. The molecule has 1 amide bonds. The van der Waals surface area contributed by atoms with Crippen LogP contribution in [-0.2, 0) is 16.8 Å². The summed E-state index contributed by atoms with van der Waals surface area (Å²) < 4.78 is 5.22. The zero-order valence-electron chi connectivity index (χ0n) is 15.5. The number of nitrogens with one attached hydrogen (secondary N) is 3. The number of rotatable bonds is 4. The van der Waals surface area contributed by atoms with Crippen LogP contribution in [-0.4, -0.2) is 41.1 Å². The summed E-state index contributed by atoms with van der Waals surface area (Å²) in [5.74, 6) is 1.52. The molecule has 0 aliphatic heterocycles. The highest BCUT2D eigenvalue weighted by Gasteiger charge is 2.21. The van der Waals surface area contributed by atoms with Gasteiger partial charge in [-0.25, -0.2) is 0 Å². The fourth-order valence-electron chi connectivity index (χ4n) is 1.64. The summed E-state index contributed by atoms with van der Waals surface area (Å²) in [4.78, 5) is 20.2. The lowest BCUT2D eigenvalue weighted by molar-refractivity contribution is -0.121. The number of amides is 1. The average Bonchev–Trinajstić information content (AvgIpc) is 2.85. The van der Waals surface area contributed by atoms with E-state index in [1.54, 1.807) is 7.05 Å². The van der Waals surface area contributed by atoms with Crippen LogP contribution in [0, 0.1) is 0 Å². The topological polar surface area (TPSA) is 104 Å². The van der Waals surface area contributed by atoms with E-state index in [-0.39, 0.29) is 47.4 Å². The van der Waals surface area contributed by atoms with Crippen LogP contribution < -0.4 is 16.0 Å². The van der Waals surface area contributed by atoms with E-state index >= 15 is 0 Å². The summed E-state index contributed by atoms with van der Waals surface area (Å²) in [7, 11) is 1.63. The van der Waals surface area contributed by atoms with Crippen LogP contribution >= 0.6 is 24.0 Å². The Morgan fingerprint density at radius 2 is 1.79 bits per heavy atom. The summed E-state index contributed by atoms with van der Waals surface area (Å²) in [5.41, 5.74) is -0.445. The van der Waals surface area contributed by atoms with E-state index in [1.165, 1.54) is 0 Å². The van der Waals surface area contributed by atoms with Crippen LogP contribution in [0.15, 0.2) is 9.52 Å². The maximum absolute atomic E-state index is 11.8. The molecule has 0 aromatic carbocycles. The summed E-state index contributed by atoms with van der Waals surface area (Å²) in [6.45, 7) is 12.3. The lowest BCUT2D eigenvalue weighted by Crippen LogP contribution is -2.48. The first kappa shape index (κ1) is 22.6. The van der Waals surface area contributed by atoms with Crippen molar-refractivity contribution in [3.8, 4) is 0 Å². The molecule has 3 N–H and O–H groups in total. The van der Waals surface area contributed by atoms with Crippen LogP contribution in [0.3, 0.4) is 0 Å². The van der Waals surface area contributed by atoms with Crippen molar-refractivity contribution in [3.63, 3.8) is 0 Å². The minimum atomic E-state index is -0.260. The van der Waals surface area contributed by atoms with Gasteiger partial charge in [0, 0.05) is 18.0 Å². The van der Waals surface area contributed by atoms with Gasteiger partial charge >= 0.3 is 0 Å². The molecule has 0 atom stereocenters. The van der Waals surface area contributed by atoms with Gasteiger partial charge in [-0.3, -0.25) is 9.79 Å². The fourth-order valence-corrected chi connectivity index (χ4v) is 1.64. The second-order valence-electron chi connectivity index (χ2n) is 7.34. The molecule has 1 heterocycles. The summed E-state index contributed by atoms with van der Waals surface area (Å²) in [6, 6.07) is 0. The van der Waals surface area contributed by atoms with E-state index in [9.17, 15) is 4.79 Å². The molecular weight excluding hydrogens is 423 g/mol. The van der Waals surface area contributed by atoms with Crippen molar-refractivity contribution in [2.75, 3.05) is 13.6 Å². The summed E-state index contributed by atoms with van der Waals surface area (Å²) >= 11 is 0. The Bertz CT molecular complexity index is 557. The van der Waals surface area contributed by atoms with Crippen LogP contribution in [0.5, 0.6) is 0 Å². The molecule has 1 aromatic heterocycles. The van der Waals surface area contributed by atoms with Crippen LogP contribution in [0.4, 0.5) is 0 Å². The fraction of sp³-hybridized carbons (Fsp3) is 0.733. The first-order valence-corrected chi connectivity index (χ1v) is 7.60. The number of aromatic nitrogens is 2. The average molecular weight is 452 g/mol. The normalized spacial score (nSPS) is 12.4. The molecule has 1 rings (SSSR count). The third kappa shape index (κ3) is 8.46. The van der Waals surface area contributed by atoms with Gasteiger partial charge in [-0.2, -0.15) is 4.98 Å². The zero-order valence-corrected chi connectivity index (χ0v) is 17.8.